The molecule has 0 aromatic carbocycles. The standard InChI is InChI=1S/C18H30BrN3O2SSi/c1-16(2,3)25(23)22-14-9-18(10-14,15-20-11-13(19)12-21-15)24-26(7,8)17(4,5)6/h11-12H,9-10H2,1-8H3/t18?,25-/m1/s1. The van der Waals surface area contributed by atoms with E-state index in [9.17, 15) is 4.21 Å². The van der Waals surface area contributed by atoms with Crippen molar-refractivity contribution in [2.45, 2.75) is 82.9 Å². The Labute approximate surface area is 169 Å². The molecule has 1 fully saturated rings. The van der Waals surface area contributed by atoms with Crippen LogP contribution in [0.5, 0.6) is 0 Å². The molecule has 2 rings (SSSR count). The van der Waals surface area contributed by atoms with E-state index < -0.39 is 24.9 Å². The van der Waals surface area contributed by atoms with E-state index in [4.69, 9.17) is 4.43 Å². The molecule has 1 aliphatic rings. The van der Waals surface area contributed by atoms with E-state index in [1.54, 1.807) is 12.4 Å². The largest absolute Gasteiger partial charge is 0.403 e. The van der Waals surface area contributed by atoms with Crippen LogP contribution in [0.1, 0.15) is 60.2 Å². The Kier molecular flexibility index (Phi) is 6.04. The fraction of sp³-hybridized carbons (Fsp3) is 0.722. The molecule has 1 atom stereocenters. The summed E-state index contributed by atoms with van der Waals surface area (Å²) in [6.07, 6.45) is 4.70. The third kappa shape index (κ3) is 4.69. The van der Waals surface area contributed by atoms with Crippen molar-refractivity contribution in [3.05, 3.63) is 22.7 Å². The molecule has 0 bridgehead atoms. The van der Waals surface area contributed by atoms with Gasteiger partial charge in [0.1, 0.15) is 16.6 Å². The first-order valence-electron chi connectivity index (χ1n) is 8.83. The maximum absolute atomic E-state index is 12.4. The van der Waals surface area contributed by atoms with Crippen molar-refractivity contribution in [3.8, 4) is 0 Å². The van der Waals surface area contributed by atoms with Crippen LogP contribution < -0.4 is 0 Å². The molecule has 146 valence electrons. The van der Waals surface area contributed by atoms with Crippen LogP contribution in [0.15, 0.2) is 21.3 Å². The van der Waals surface area contributed by atoms with Gasteiger partial charge in [0.15, 0.2) is 14.1 Å². The smallest absolute Gasteiger partial charge is 0.193 e. The quantitative estimate of drug-likeness (QED) is 0.583. The first-order valence-corrected chi connectivity index (χ1v) is 13.6. The molecule has 1 aromatic heterocycles. The third-order valence-electron chi connectivity index (χ3n) is 5.00. The second-order valence-corrected chi connectivity index (χ2v) is 17.0. The average molecular weight is 461 g/mol. The van der Waals surface area contributed by atoms with E-state index in [1.807, 2.05) is 20.8 Å². The van der Waals surface area contributed by atoms with E-state index in [1.165, 1.54) is 0 Å². The van der Waals surface area contributed by atoms with Crippen LogP contribution in [0, 0.1) is 0 Å². The molecular weight excluding hydrogens is 430 g/mol. The molecule has 0 amide bonds. The van der Waals surface area contributed by atoms with Gasteiger partial charge >= 0.3 is 0 Å². The summed E-state index contributed by atoms with van der Waals surface area (Å²) in [4.78, 5) is 9.02. The number of hydrogen-bond donors (Lipinski definition) is 0. The normalized spacial score (nSPS) is 22.7. The highest BCUT2D eigenvalue weighted by Crippen LogP contribution is 2.48. The van der Waals surface area contributed by atoms with Gasteiger partial charge in [0.2, 0.25) is 0 Å². The second kappa shape index (κ2) is 7.18. The zero-order valence-corrected chi connectivity index (χ0v) is 20.4. The van der Waals surface area contributed by atoms with Gasteiger partial charge in [-0.3, -0.25) is 0 Å². The summed E-state index contributed by atoms with van der Waals surface area (Å²) in [5, 5.41) is 0.0799. The number of hydrogen-bond acceptors (Lipinski definition) is 4. The molecule has 8 heteroatoms. The van der Waals surface area contributed by atoms with Crippen molar-refractivity contribution in [1.82, 2.24) is 9.97 Å². The third-order valence-corrected chi connectivity index (χ3v) is 11.4. The van der Waals surface area contributed by atoms with E-state index >= 15 is 0 Å². The maximum atomic E-state index is 12.4. The summed E-state index contributed by atoms with van der Waals surface area (Å²) < 4.78 is 24.0. The zero-order valence-electron chi connectivity index (χ0n) is 17.0. The Hall–Kier alpha value is -0.443. The summed E-state index contributed by atoms with van der Waals surface area (Å²) >= 11 is 3.39. The molecule has 1 aromatic rings. The summed E-state index contributed by atoms with van der Waals surface area (Å²) in [7, 11) is -3.29. The fourth-order valence-corrected chi connectivity index (χ4v) is 4.75. The minimum absolute atomic E-state index is 0.0799. The van der Waals surface area contributed by atoms with Crippen LogP contribution in [0.2, 0.25) is 18.1 Å². The van der Waals surface area contributed by atoms with Gasteiger partial charge in [-0.2, -0.15) is 4.40 Å². The molecular formula is C18H30BrN3O2SSi. The van der Waals surface area contributed by atoms with Gasteiger partial charge in [0, 0.05) is 30.9 Å². The zero-order chi connectivity index (χ0) is 20.0. The van der Waals surface area contributed by atoms with Crippen LogP contribution in [0.3, 0.4) is 0 Å². The highest BCUT2D eigenvalue weighted by atomic mass is 79.9. The average Bonchev–Trinajstić information content (AvgIpc) is 2.42. The van der Waals surface area contributed by atoms with Crippen LogP contribution in [0.25, 0.3) is 0 Å². The van der Waals surface area contributed by atoms with Crippen molar-refractivity contribution in [2.75, 3.05) is 0 Å². The minimum atomic E-state index is -2.04. The van der Waals surface area contributed by atoms with Crippen LogP contribution in [-0.4, -0.2) is 33.0 Å². The lowest BCUT2D eigenvalue weighted by atomic mass is 9.77. The van der Waals surface area contributed by atoms with Crippen LogP contribution in [0.4, 0.5) is 0 Å². The topological polar surface area (TPSA) is 64.4 Å². The molecule has 0 unspecified atom stereocenters. The first kappa shape index (κ1) is 21.9. The van der Waals surface area contributed by atoms with E-state index in [-0.39, 0.29) is 9.79 Å². The summed E-state index contributed by atoms with van der Waals surface area (Å²) in [6, 6.07) is 0. The molecule has 0 spiro atoms. The Morgan fingerprint density at radius 2 is 1.65 bits per heavy atom. The predicted octanol–water partition coefficient (Wildman–Crippen LogP) is 5.15. The Morgan fingerprint density at radius 1 is 1.15 bits per heavy atom. The van der Waals surface area contributed by atoms with Gasteiger partial charge in [-0.25, -0.2) is 14.2 Å². The molecule has 1 aliphatic carbocycles. The lowest BCUT2D eigenvalue weighted by Crippen LogP contribution is -2.55. The van der Waals surface area contributed by atoms with Crippen molar-refractivity contribution < 1.29 is 8.63 Å². The van der Waals surface area contributed by atoms with E-state index in [0.717, 1.165) is 10.2 Å². The molecule has 0 radical (unpaired) electrons. The number of halogens is 1. The molecule has 5 nitrogen and oxygen atoms in total. The van der Waals surface area contributed by atoms with Gasteiger partial charge < -0.3 is 4.43 Å². The van der Waals surface area contributed by atoms with Crippen LogP contribution >= 0.6 is 15.9 Å². The number of nitrogens with zero attached hydrogens (tertiary/aromatic N) is 3. The monoisotopic (exact) mass is 459 g/mol. The van der Waals surface area contributed by atoms with Gasteiger partial charge in [0.25, 0.3) is 0 Å². The van der Waals surface area contributed by atoms with Crippen molar-refractivity contribution in [3.63, 3.8) is 0 Å². The lowest BCUT2D eigenvalue weighted by molar-refractivity contribution is 0.0302. The maximum Gasteiger partial charge on any atom is 0.193 e. The number of aromatic nitrogens is 2. The van der Waals surface area contributed by atoms with E-state index in [0.29, 0.717) is 18.7 Å². The highest BCUT2D eigenvalue weighted by Gasteiger charge is 2.53. The van der Waals surface area contributed by atoms with Gasteiger partial charge in [-0.1, -0.05) is 20.8 Å². The van der Waals surface area contributed by atoms with Gasteiger partial charge in [-0.15, -0.1) is 0 Å². The Balaban J connectivity index is 2.34. The van der Waals surface area contributed by atoms with Crippen molar-refractivity contribution in [2.24, 2.45) is 4.40 Å². The minimum Gasteiger partial charge on any atom is -0.403 e. The van der Waals surface area contributed by atoms with Gasteiger partial charge in [0.05, 0.1) is 9.22 Å². The highest BCUT2D eigenvalue weighted by molar-refractivity contribution is 9.10. The molecule has 1 heterocycles. The molecule has 0 N–H and O–H groups in total. The Bertz CT molecular complexity index is 713. The molecule has 26 heavy (non-hydrogen) atoms. The SMILES string of the molecule is CC(C)(C)[S@@](=O)N=C1CC(O[Si](C)(C)C(C)(C)C)(c2ncc(Br)cn2)C1. The lowest BCUT2D eigenvalue weighted by Gasteiger charge is -2.49. The summed E-state index contributed by atoms with van der Waals surface area (Å²) in [5.74, 6) is 0.686. The second-order valence-electron chi connectivity index (χ2n) is 9.45. The molecule has 1 saturated carbocycles. The predicted molar refractivity (Wildman–Crippen MR) is 114 cm³/mol. The Morgan fingerprint density at radius 3 is 2.08 bits per heavy atom. The first-order chi connectivity index (χ1) is 11.7. The summed E-state index contributed by atoms with van der Waals surface area (Å²) in [6.45, 7) is 16.9. The molecule has 0 aliphatic heterocycles. The van der Waals surface area contributed by atoms with Crippen molar-refractivity contribution in [1.29, 1.82) is 0 Å². The van der Waals surface area contributed by atoms with Gasteiger partial charge in [-0.05, 0) is 54.8 Å². The summed E-state index contributed by atoms with van der Waals surface area (Å²) in [5.41, 5.74) is 0.355. The fourth-order valence-electron chi connectivity index (χ4n) is 2.39. The van der Waals surface area contributed by atoms with E-state index in [2.05, 4.69) is 64.2 Å². The molecule has 0 saturated heterocycles. The number of rotatable bonds is 4. The van der Waals surface area contributed by atoms with Crippen LogP contribution in [-0.2, 0) is 21.0 Å². The van der Waals surface area contributed by atoms with Crippen molar-refractivity contribution >= 4 is 40.9 Å².